The summed E-state index contributed by atoms with van der Waals surface area (Å²) in [5.41, 5.74) is -0.555. The van der Waals surface area contributed by atoms with Crippen molar-refractivity contribution in [3.05, 3.63) is 28.4 Å². The van der Waals surface area contributed by atoms with Gasteiger partial charge < -0.3 is 9.47 Å². The molecular formula is C16H22F2N3O7P. The van der Waals surface area contributed by atoms with E-state index in [4.69, 9.17) is 18.5 Å². The van der Waals surface area contributed by atoms with E-state index in [0.29, 0.717) is 10.3 Å². The number of carbonyl (C=O) groups is 1. The van der Waals surface area contributed by atoms with Gasteiger partial charge in [0.25, 0.3) is 0 Å². The number of nitrogens with zero attached hydrogens (tertiary/aromatic N) is 2. The number of rotatable bonds is 5. The Morgan fingerprint density at radius 3 is 2.76 bits per heavy atom. The van der Waals surface area contributed by atoms with Gasteiger partial charge in [0.1, 0.15) is 12.1 Å². The van der Waals surface area contributed by atoms with Crippen LogP contribution in [0.15, 0.2) is 17.1 Å². The maximum absolute atomic E-state index is 15.0. The summed E-state index contributed by atoms with van der Waals surface area (Å²) in [7, 11) is -4.27. The standard InChI is InChI=1S/C16H22F2N3O7P/c1-8(2)26-13(22)10(4)20-29(24)25-7-11-12(28-29)16(17,18)14(27-11)21-6-5-9(3)19-15(21)23/h5-6,8,10-12,14H,7H2,1-4H3,(H,20,24)/t10-,11+,12+,14+,29?/m0/s1. The van der Waals surface area contributed by atoms with Gasteiger partial charge in [0, 0.05) is 11.9 Å². The van der Waals surface area contributed by atoms with Crippen LogP contribution in [-0.4, -0.2) is 52.4 Å². The quantitative estimate of drug-likeness (QED) is 0.541. The average Bonchev–Trinajstić information content (AvgIpc) is 2.85. The molecule has 162 valence electrons. The van der Waals surface area contributed by atoms with Gasteiger partial charge in [-0.2, -0.15) is 13.8 Å². The molecule has 0 bridgehead atoms. The largest absolute Gasteiger partial charge is 0.462 e. The lowest BCUT2D eigenvalue weighted by Crippen LogP contribution is -2.47. The van der Waals surface area contributed by atoms with Crippen LogP contribution in [0, 0.1) is 6.92 Å². The van der Waals surface area contributed by atoms with Crippen LogP contribution in [0.2, 0.25) is 0 Å². The molecule has 3 rings (SSSR count). The smallest absolute Gasteiger partial charge is 0.406 e. The SMILES string of the molecule is Cc1ccn([C@@H]2O[C@@H]3COP(=O)(N[C@@H](C)C(=O)OC(C)C)O[C@H]3C2(F)F)c(=O)n1. The third-order valence-electron chi connectivity index (χ3n) is 4.29. The maximum Gasteiger partial charge on any atom is 0.406 e. The molecule has 0 amide bonds. The van der Waals surface area contributed by atoms with Gasteiger partial charge in [0.2, 0.25) is 6.23 Å². The van der Waals surface area contributed by atoms with Crippen molar-refractivity contribution in [3.63, 3.8) is 0 Å². The number of aromatic nitrogens is 2. The minimum atomic E-state index is -4.27. The van der Waals surface area contributed by atoms with Crippen molar-refractivity contribution < 1.29 is 36.7 Å². The van der Waals surface area contributed by atoms with Crippen LogP contribution < -0.4 is 10.8 Å². The van der Waals surface area contributed by atoms with E-state index in [1.807, 2.05) is 0 Å². The highest BCUT2D eigenvalue weighted by Crippen LogP contribution is 2.57. The molecule has 2 fully saturated rings. The molecule has 1 aromatic rings. The number of ether oxygens (including phenoxy) is 2. The first-order chi connectivity index (χ1) is 13.4. The molecule has 10 nitrogen and oxygen atoms in total. The van der Waals surface area contributed by atoms with Crippen LogP contribution in [0.4, 0.5) is 8.78 Å². The monoisotopic (exact) mass is 437 g/mol. The Balaban J connectivity index is 1.78. The van der Waals surface area contributed by atoms with E-state index in [1.165, 1.54) is 13.0 Å². The van der Waals surface area contributed by atoms with Gasteiger partial charge in [0.05, 0.1) is 12.7 Å². The predicted octanol–water partition coefficient (Wildman–Crippen LogP) is 1.54. The molecule has 29 heavy (non-hydrogen) atoms. The normalized spacial score (nSPS) is 32.0. The van der Waals surface area contributed by atoms with Crippen LogP contribution in [0.1, 0.15) is 32.7 Å². The Labute approximate surface area is 165 Å². The lowest BCUT2D eigenvalue weighted by atomic mass is 10.1. The third-order valence-corrected chi connectivity index (χ3v) is 5.99. The van der Waals surface area contributed by atoms with Gasteiger partial charge >= 0.3 is 25.3 Å². The van der Waals surface area contributed by atoms with E-state index in [9.17, 15) is 22.9 Å². The van der Waals surface area contributed by atoms with E-state index in [-0.39, 0.29) is 0 Å². The van der Waals surface area contributed by atoms with Gasteiger partial charge in [0.15, 0.2) is 6.10 Å². The van der Waals surface area contributed by atoms with Crippen LogP contribution in [0.5, 0.6) is 0 Å². The molecule has 2 aliphatic heterocycles. The Bertz CT molecular complexity index is 894. The van der Waals surface area contributed by atoms with Crippen molar-refractivity contribution in [2.75, 3.05) is 6.61 Å². The van der Waals surface area contributed by atoms with Crippen molar-refractivity contribution in [2.24, 2.45) is 0 Å². The molecule has 0 spiro atoms. The van der Waals surface area contributed by atoms with Crippen LogP contribution >= 0.6 is 7.75 Å². The molecule has 0 radical (unpaired) electrons. The lowest BCUT2D eigenvalue weighted by Gasteiger charge is -2.33. The summed E-state index contributed by atoms with van der Waals surface area (Å²) in [6.07, 6.45) is -4.51. The summed E-state index contributed by atoms with van der Waals surface area (Å²) in [5, 5.41) is 2.29. The first-order valence-electron chi connectivity index (χ1n) is 8.93. The summed E-state index contributed by atoms with van der Waals surface area (Å²) >= 11 is 0. The fourth-order valence-corrected chi connectivity index (χ4v) is 4.65. The summed E-state index contributed by atoms with van der Waals surface area (Å²) in [4.78, 5) is 27.5. The highest BCUT2D eigenvalue weighted by Gasteiger charge is 2.65. The first-order valence-corrected chi connectivity index (χ1v) is 10.5. The minimum Gasteiger partial charge on any atom is -0.462 e. The van der Waals surface area contributed by atoms with Crippen molar-refractivity contribution in [3.8, 4) is 0 Å². The molecule has 1 N–H and O–H groups in total. The molecule has 5 atom stereocenters. The molecule has 0 aromatic carbocycles. The zero-order chi connectivity index (χ0) is 21.6. The summed E-state index contributed by atoms with van der Waals surface area (Å²) in [6.45, 7) is 5.66. The number of halogens is 2. The fraction of sp³-hybridized carbons (Fsp3) is 0.688. The maximum atomic E-state index is 15.0. The van der Waals surface area contributed by atoms with Gasteiger partial charge in [-0.1, -0.05) is 0 Å². The second kappa shape index (κ2) is 7.84. The van der Waals surface area contributed by atoms with E-state index in [0.717, 1.165) is 6.20 Å². The molecule has 2 aliphatic rings. The lowest BCUT2D eigenvalue weighted by molar-refractivity contribution is -0.149. The second-order valence-electron chi connectivity index (χ2n) is 7.12. The molecular weight excluding hydrogens is 415 g/mol. The fourth-order valence-electron chi connectivity index (χ4n) is 2.95. The molecule has 0 saturated carbocycles. The Kier molecular flexibility index (Phi) is 5.94. The highest BCUT2D eigenvalue weighted by atomic mass is 31.2. The second-order valence-corrected chi connectivity index (χ2v) is 8.84. The zero-order valence-electron chi connectivity index (χ0n) is 16.2. The number of aryl methyl sites for hydroxylation is 1. The molecule has 3 heterocycles. The third kappa shape index (κ3) is 4.41. The molecule has 13 heteroatoms. The Morgan fingerprint density at radius 1 is 1.45 bits per heavy atom. The van der Waals surface area contributed by atoms with Gasteiger partial charge in [-0.15, -0.1) is 0 Å². The summed E-state index contributed by atoms with van der Waals surface area (Å²) < 4.78 is 63.8. The predicted molar refractivity (Wildman–Crippen MR) is 94.3 cm³/mol. The summed E-state index contributed by atoms with van der Waals surface area (Å²) in [6, 6.07) is 0.254. The average molecular weight is 437 g/mol. The number of esters is 1. The van der Waals surface area contributed by atoms with Gasteiger partial charge in [-0.05, 0) is 33.8 Å². The number of hydrogen-bond donors (Lipinski definition) is 1. The zero-order valence-corrected chi connectivity index (χ0v) is 17.1. The molecule has 1 aromatic heterocycles. The molecule has 2 saturated heterocycles. The van der Waals surface area contributed by atoms with Crippen molar-refractivity contribution >= 4 is 13.7 Å². The highest BCUT2D eigenvalue weighted by molar-refractivity contribution is 7.51. The van der Waals surface area contributed by atoms with Crippen LogP contribution in [0.25, 0.3) is 0 Å². The molecule has 0 aliphatic carbocycles. The number of nitrogens with one attached hydrogen (secondary N) is 1. The van der Waals surface area contributed by atoms with Gasteiger partial charge in [-0.25, -0.2) is 14.4 Å². The minimum absolute atomic E-state index is 0.362. The van der Waals surface area contributed by atoms with E-state index in [2.05, 4.69) is 10.1 Å². The molecule has 1 unspecified atom stereocenters. The Hall–Kier alpha value is -1.72. The van der Waals surface area contributed by atoms with Crippen LogP contribution in [0.3, 0.4) is 0 Å². The van der Waals surface area contributed by atoms with E-state index < -0.39 is 62.5 Å². The number of alkyl halides is 2. The first kappa shape index (κ1) is 22.0. The van der Waals surface area contributed by atoms with Crippen molar-refractivity contribution in [1.29, 1.82) is 0 Å². The van der Waals surface area contributed by atoms with Crippen molar-refractivity contribution in [1.82, 2.24) is 14.6 Å². The Morgan fingerprint density at radius 2 is 2.14 bits per heavy atom. The topological polar surface area (TPSA) is 118 Å². The van der Waals surface area contributed by atoms with Gasteiger partial charge in [-0.3, -0.25) is 18.4 Å². The summed E-state index contributed by atoms with van der Waals surface area (Å²) in [5.74, 6) is -4.46. The van der Waals surface area contributed by atoms with E-state index in [1.54, 1.807) is 20.8 Å². The number of fused-ring (bicyclic) bond motifs is 1. The van der Waals surface area contributed by atoms with E-state index >= 15 is 0 Å². The number of hydrogen-bond acceptors (Lipinski definition) is 8. The number of carbonyl (C=O) groups excluding carboxylic acids is 1. The van der Waals surface area contributed by atoms with Crippen molar-refractivity contribution in [2.45, 2.75) is 64.2 Å². The van der Waals surface area contributed by atoms with Crippen LogP contribution in [-0.2, 0) is 27.9 Å².